The number of alkyl carbamates (subject to hydrolysis) is 1. The third kappa shape index (κ3) is 10.4. The molecule has 3 aromatic carbocycles. The zero-order valence-corrected chi connectivity index (χ0v) is 32.2. The fourth-order valence-electron chi connectivity index (χ4n) is 6.94. The summed E-state index contributed by atoms with van der Waals surface area (Å²) in [5.74, 6) is -1.53. The number of nitrogens with one attached hydrogen (secondary N) is 3. The summed E-state index contributed by atoms with van der Waals surface area (Å²) in [6, 6.07) is 22.3. The number of benzene rings is 3. The van der Waals surface area contributed by atoms with Crippen LogP contribution in [0.25, 0.3) is 22.3 Å². The molecule has 1 aliphatic carbocycles. The molecule has 0 bridgehead atoms. The Balaban J connectivity index is 0.861. The first-order valence-electron chi connectivity index (χ1n) is 19.2. The number of nitrogens with zero attached hydrogens (tertiary/aromatic N) is 3. The van der Waals surface area contributed by atoms with Crippen LogP contribution >= 0.6 is 0 Å². The monoisotopic (exact) mass is 793 g/mol. The second-order valence-corrected chi connectivity index (χ2v) is 14.0. The number of rotatable bonds is 21. The van der Waals surface area contributed by atoms with Crippen LogP contribution in [0, 0.1) is 0 Å². The minimum atomic E-state index is -1.17. The van der Waals surface area contributed by atoms with E-state index in [0.717, 1.165) is 33.4 Å². The zero-order valence-electron chi connectivity index (χ0n) is 32.2. The van der Waals surface area contributed by atoms with E-state index in [9.17, 15) is 29.1 Å². The van der Waals surface area contributed by atoms with Gasteiger partial charge in [0.2, 0.25) is 5.91 Å². The van der Waals surface area contributed by atoms with Crippen LogP contribution in [0.2, 0.25) is 0 Å². The number of aliphatic carboxylic acids is 1. The third-order valence-corrected chi connectivity index (χ3v) is 10.0. The lowest BCUT2D eigenvalue weighted by atomic mass is 9.98. The molecule has 16 nitrogen and oxygen atoms in total. The Bertz CT molecular complexity index is 2260. The number of H-pyrrole nitrogens is 1. The first-order valence-corrected chi connectivity index (χ1v) is 19.2. The maximum absolute atomic E-state index is 12.7. The molecule has 2 aromatic heterocycles. The molecule has 304 valence electrons. The van der Waals surface area contributed by atoms with Crippen molar-refractivity contribution in [2.24, 2.45) is 0 Å². The third-order valence-electron chi connectivity index (χ3n) is 10.0. The molecule has 2 amide bonds. The number of carbonyl (C=O) groups excluding carboxylic acids is 3. The smallest absolute Gasteiger partial charge is 0.407 e. The number of ether oxygens (including phenoxy) is 3. The lowest BCUT2D eigenvalue weighted by Gasteiger charge is -2.17. The van der Waals surface area contributed by atoms with Gasteiger partial charge in [-0.05, 0) is 59.1 Å². The molecule has 2 heterocycles. The standard InChI is InChI=1S/C42H47N7O9/c1-56-22-23-57-40-47-37(43)36-38(48-40)49(41(54)46-36)24-27-15-13-26(14-16-27)17-18-28(50)19-20-35(51)44-21-7-6-12-34(39(52)53)45-42(55)58-25-33-31-10-4-2-8-29(31)30-9-3-5-11-32(30)33/h2-5,8-11,13-16,33-34H,6-7,12,17-25H2,1H3,(H,44,51)(H,45,55)(H,46,54)(H,52,53)(H2,43,47,48)/t34-/m0/s1. The molecule has 5 aromatic rings. The Hall–Kier alpha value is -6.55. The molecule has 0 radical (unpaired) electrons. The van der Waals surface area contributed by atoms with Crippen molar-refractivity contribution in [1.82, 2.24) is 30.2 Å². The summed E-state index contributed by atoms with van der Waals surface area (Å²) in [6.45, 7) is 1.17. The van der Waals surface area contributed by atoms with Gasteiger partial charge in [0.1, 0.15) is 30.6 Å². The SMILES string of the molecule is COCCOc1nc(N)c2[nH]c(=O)n(Cc3ccc(CCC(=O)CCC(=O)NCCCC[C@H](NC(=O)OCC4c5ccccc5-c5ccccc54)C(=O)O)cc3)c2n1. The van der Waals surface area contributed by atoms with Gasteiger partial charge in [-0.2, -0.15) is 9.97 Å². The topological polar surface area (TPSA) is 230 Å². The van der Waals surface area contributed by atoms with Crippen LogP contribution in [0.15, 0.2) is 77.6 Å². The number of anilines is 1. The fourth-order valence-corrected chi connectivity index (χ4v) is 6.94. The molecule has 0 aliphatic heterocycles. The first kappa shape index (κ1) is 41.1. The van der Waals surface area contributed by atoms with Crippen molar-refractivity contribution >= 4 is 40.7 Å². The van der Waals surface area contributed by atoms with Crippen LogP contribution in [0.1, 0.15) is 66.7 Å². The Labute approximate surface area is 334 Å². The zero-order chi connectivity index (χ0) is 41.0. The lowest BCUT2D eigenvalue weighted by molar-refractivity contribution is -0.139. The second-order valence-electron chi connectivity index (χ2n) is 14.0. The van der Waals surface area contributed by atoms with Crippen LogP contribution < -0.4 is 26.8 Å². The van der Waals surface area contributed by atoms with Crippen LogP contribution in [-0.4, -0.2) is 87.9 Å². The van der Waals surface area contributed by atoms with Gasteiger partial charge in [0.25, 0.3) is 0 Å². The molecular weight excluding hydrogens is 747 g/mol. The average molecular weight is 794 g/mol. The number of aromatic nitrogens is 4. The summed E-state index contributed by atoms with van der Waals surface area (Å²) in [6.07, 6.45) is 1.19. The highest BCUT2D eigenvalue weighted by Gasteiger charge is 2.30. The molecule has 1 aliphatic rings. The number of imidazole rings is 1. The van der Waals surface area contributed by atoms with Crippen molar-refractivity contribution in [2.75, 3.05) is 39.2 Å². The molecular formula is C42H47N7O9. The molecule has 6 rings (SSSR count). The van der Waals surface area contributed by atoms with Crippen molar-refractivity contribution in [3.8, 4) is 17.1 Å². The number of carboxylic acids is 1. The largest absolute Gasteiger partial charge is 0.480 e. The fraction of sp³-hybridized carbons (Fsp3) is 0.357. The average Bonchev–Trinajstić information content (AvgIpc) is 3.71. The van der Waals surface area contributed by atoms with Crippen LogP contribution in [-0.2, 0) is 36.8 Å². The highest BCUT2D eigenvalue weighted by atomic mass is 16.5. The highest BCUT2D eigenvalue weighted by Crippen LogP contribution is 2.44. The minimum Gasteiger partial charge on any atom is -0.480 e. The van der Waals surface area contributed by atoms with Crippen LogP contribution in [0.4, 0.5) is 10.6 Å². The lowest BCUT2D eigenvalue weighted by Crippen LogP contribution is -2.41. The summed E-state index contributed by atoms with van der Waals surface area (Å²) in [4.78, 5) is 73.3. The number of amides is 2. The number of carboxylic acid groups (broad SMARTS) is 1. The van der Waals surface area contributed by atoms with Crippen LogP contribution in [0.3, 0.4) is 0 Å². The Kier molecular flexibility index (Phi) is 13.8. The predicted molar refractivity (Wildman–Crippen MR) is 215 cm³/mol. The maximum atomic E-state index is 12.7. The van der Waals surface area contributed by atoms with Crippen LogP contribution in [0.5, 0.6) is 6.01 Å². The first-order chi connectivity index (χ1) is 28.1. The number of nitrogen functional groups attached to an aromatic ring is 1. The summed E-state index contributed by atoms with van der Waals surface area (Å²) in [5.41, 5.74) is 12.3. The predicted octanol–water partition coefficient (Wildman–Crippen LogP) is 4.34. The number of ketones is 1. The van der Waals surface area contributed by atoms with E-state index in [4.69, 9.17) is 19.9 Å². The van der Waals surface area contributed by atoms with Gasteiger partial charge in [0.15, 0.2) is 11.5 Å². The van der Waals surface area contributed by atoms with Crippen molar-refractivity contribution in [3.05, 3.63) is 106 Å². The van der Waals surface area contributed by atoms with E-state index in [-0.39, 0.29) is 74.9 Å². The van der Waals surface area contributed by atoms with E-state index in [1.807, 2.05) is 72.8 Å². The van der Waals surface area contributed by atoms with Gasteiger partial charge in [-0.3, -0.25) is 14.2 Å². The van der Waals surface area contributed by atoms with Gasteiger partial charge in [-0.15, -0.1) is 0 Å². The van der Waals surface area contributed by atoms with E-state index < -0.39 is 23.8 Å². The van der Waals surface area contributed by atoms with Gasteiger partial charge in [-0.25, -0.2) is 14.4 Å². The minimum absolute atomic E-state index is 0.0396. The van der Waals surface area contributed by atoms with Crippen molar-refractivity contribution in [2.45, 2.75) is 63.5 Å². The number of fused-ring (bicyclic) bond motifs is 4. The van der Waals surface area contributed by atoms with E-state index >= 15 is 0 Å². The summed E-state index contributed by atoms with van der Waals surface area (Å²) < 4.78 is 17.4. The molecule has 0 saturated heterocycles. The molecule has 0 spiro atoms. The van der Waals surface area contributed by atoms with Gasteiger partial charge >= 0.3 is 23.8 Å². The van der Waals surface area contributed by atoms with Gasteiger partial charge in [0, 0.05) is 38.8 Å². The Morgan fingerprint density at radius 2 is 1.59 bits per heavy atom. The van der Waals surface area contributed by atoms with Crippen molar-refractivity contribution in [1.29, 1.82) is 0 Å². The van der Waals surface area contributed by atoms with Gasteiger partial charge in [-0.1, -0.05) is 72.8 Å². The molecule has 1 atom stereocenters. The number of aromatic amines is 1. The number of hydrogen-bond acceptors (Lipinski definition) is 11. The molecule has 0 saturated carbocycles. The van der Waals surface area contributed by atoms with Gasteiger partial charge in [0.05, 0.1) is 13.2 Å². The number of Topliss-reactive ketones (excluding diaryl/α,β-unsaturated/α-hetero) is 1. The normalized spacial score (nSPS) is 12.4. The van der Waals surface area contributed by atoms with Crippen molar-refractivity contribution < 1.29 is 38.5 Å². The number of nitrogens with two attached hydrogens (primary N) is 1. The van der Waals surface area contributed by atoms with Crippen molar-refractivity contribution in [3.63, 3.8) is 0 Å². The summed E-state index contributed by atoms with van der Waals surface area (Å²) in [5, 5.41) is 14.9. The number of carbonyl (C=O) groups is 4. The summed E-state index contributed by atoms with van der Waals surface area (Å²) in [7, 11) is 1.55. The highest BCUT2D eigenvalue weighted by molar-refractivity contribution is 5.85. The van der Waals surface area contributed by atoms with E-state index in [2.05, 4.69) is 25.6 Å². The van der Waals surface area contributed by atoms with E-state index in [0.29, 0.717) is 43.6 Å². The Morgan fingerprint density at radius 3 is 2.28 bits per heavy atom. The number of unbranched alkanes of at least 4 members (excludes halogenated alkanes) is 1. The van der Waals surface area contributed by atoms with E-state index in [1.54, 1.807) is 7.11 Å². The van der Waals surface area contributed by atoms with Gasteiger partial charge < -0.3 is 40.7 Å². The number of methoxy groups -OCH3 is 1. The molecule has 16 heteroatoms. The quantitative estimate of drug-likeness (QED) is 0.0654. The Morgan fingerprint density at radius 1 is 0.897 bits per heavy atom. The molecule has 0 unspecified atom stereocenters. The second kappa shape index (κ2) is 19.5. The molecule has 0 fully saturated rings. The molecule has 6 N–H and O–H groups in total. The number of hydrogen-bond donors (Lipinski definition) is 5. The molecule has 58 heavy (non-hydrogen) atoms. The maximum Gasteiger partial charge on any atom is 0.407 e. The number of aryl methyl sites for hydroxylation is 1. The summed E-state index contributed by atoms with van der Waals surface area (Å²) >= 11 is 0. The van der Waals surface area contributed by atoms with E-state index in [1.165, 1.54) is 4.57 Å².